The summed E-state index contributed by atoms with van der Waals surface area (Å²) in [5.41, 5.74) is 0.867. The van der Waals surface area contributed by atoms with Gasteiger partial charge in [-0.25, -0.2) is 19.2 Å². The molecule has 0 bridgehead atoms. The lowest BCUT2D eigenvalue weighted by Crippen LogP contribution is -2.42. The van der Waals surface area contributed by atoms with Crippen molar-refractivity contribution in [2.24, 2.45) is 11.8 Å². The summed E-state index contributed by atoms with van der Waals surface area (Å²) in [6.45, 7) is 7.70. The predicted molar refractivity (Wildman–Crippen MR) is 175 cm³/mol. The van der Waals surface area contributed by atoms with Crippen molar-refractivity contribution < 1.29 is 47.7 Å². The molecule has 48 heavy (non-hydrogen) atoms. The molecule has 0 aliphatic rings. The first kappa shape index (κ1) is 36.9. The number of nitrogens with one attached hydrogen (secondary N) is 2. The van der Waals surface area contributed by atoms with Gasteiger partial charge < -0.3 is 29.6 Å². The first-order chi connectivity index (χ1) is 22.8. The largest absolute Gasteiger partial charge is 0.467 e. The van der Waals surface area contributed by atoms with Gasteiger partial charge in [0.05, 0.1) is 25.3 Å². The van der Waals surface area contributed by atoms with Gasteiger partial charge in [0.2, 0.25) is 0 Å². The molecule has 0 aromatic heterocycles. The van der Waals surface area contributed by atoms with Crippen LogP contribution in [0.5, 0.6) is 11.5 Å². The summed E-state index contributed by atoms with van der Waals surface area (Å²) < 4.78 is 20.3. The van der Waals surface area contributed by atoms with Crippen LogP contribution in [-0.4, -0.2) is 62.0 Å². The number of rotatable bonds is 14. The Kier molecular flexibility index (Phi) is 13.4. The Bertz CT molecular complexity index is 1480. The van der Waals surface area contributed by atoms with Crippen molar-refractivity contribution in [2.75, 3.05) is 14.2 Å². The Morgan fingerprint density at radius 2 is 0.792 bits per heavy atom. The van der Waals surface area contributed by atoms with Crippen molar-refractivity contribution in [3.05, 3.63) is 95.1 Å². The van der Waals surface area contributed by atoms with Gasteiger partial charge in [-0.2, -0.15) is 0 Å². The lowest BCUT2D eigenvalue weighted by molar-refractivity contribution is -0.144. The van der Waals surface area contributed by atoms with Gasteiger partial charge in [-0.1, -0.05) is 27.7 Å². The van der Waals surface area contributed by atoms with E-state index in [-0.39, 0.29) is 45.6 Å². The van der Waals surface area contributed by atoms with E-state index in [1.54, 1.807) is 0 Å². The summed E-state index contributed by atoms with van der Waals surface area (Å²) in [7, 11) is 2.52. The molecule has 0 saturated heterocycles. The summed E-state index contributed by atoms with van der Waals surface area (Å²) in [5, 5.41) is 5.33. The molecule has 2 amide bonds. The van der Waals surface area contributed by atoms with Crippen LogP contribution in [0.2, 0.25) is 0 Å². The molecular formula is C36H40N2O10. The first-order valence-electron chi connectivity index (χ1n) is 15.3. The molecular weight excluding hydrogens is 620 g/mol. The molecule has 3 aromatic rings. The molecule has 0 saturated carbocycles. The van der Waals surface area contributed by atoms with E-state index in [0.717, 1.165) is 0 Å². The van der Waals surface area contributed by atoms with Crippen LogP contribution >= 0.6 is 0 Å². The van der Waals surface area contributed by atoms with E-state index in [1.165, 1.54) is 87.0 Å². The summed E-state index contributed by atoms with van der Waals surface area (Å²) in [6, 6.07) is 15.7. The molecule has 0 heterocycles. The lowest BCUT2D eigenvalue weighted by Gasteiger charge is -2.18. The molecule has 3 aromatic carbocycles. The highest BCUT2D eigenvalue weighted by Gasteiger charge is 2.24. The van der Waals surface area contributed by atoms with Crippen molar-refractivity contribution >= 4 is 35.7 Å². The Labute approximate surface area is 279 Å². The van der Waals surface area contributed by atoms with E-state index in [1.807, 2.05) is 27.7 Å². The normalized spacial score (nSPS) is 12.0. The number of amides is 2. The topological polar surface area (TPSA) is 163 Å². The van der Waals surface area contributed by atoms with Crippen LogP contribution in [0.4, 0.5) is 0 Å². The maximum absolute atomic E-state index is 12.7. The maximum Gasteiger partial charge on any atom is 0.343 e. The van der Waals surface area contributed by atoms with E-state index >= 15 is 0 Å². The quantitative estimate of drug-likeness (QED) is 0.182. The van der Waals surface area contributed by atoms with Crippen LogP contribution < -0.4 is 20.1 Å². The lowest BCUT2D eigenvalue weighted by atomic mass is 10.0. The second-order valence-electron chi connectivity index (χ2n) is 11.8. The number of methoxy groups -OCH3 is 2. The third-order valence-electron chi connectivity index (χ3n) is 7.01. The maximum atomic E-state index is 12.7. The second-order valence-corrected chi connectivity index (χ2v) is 11.8. The number of carbonyl (C=O) groups is 6. The fourth-order valence-electron chi connectivity index (χ4n) is 4.56. The van der Waals surface area contributed by atoms with Crippen LogP contribution in [0.25, 0.3) is 0 Å². The number of hydrogen-bond acceptors (Lipinski definition) is 10. The molecule has 3 rings (SSSR count). The summed E-state index contributed by atoms with van der Waals surface area (Å²) in [4.78, 5) is 74.8. The Morgan fingerprint density at radius 1 is 0.500 bits per heavy atom. The fourth-order valence-corrected chi connectivity index (χ4v) is 4.56. The van der Waals surface area contributed by atoms with E-state index in [4.69, 9.17) is 18.9 Å². The minimum Gasteiger partial charge on any atom is -0.467 e. The second kappa shape index (κ2) is 17.4. The van der Waals surface area contributed by atoms with Gasteiger partial charge in [-0.15, -0.1) is 0 Å². The SMILES string of the molecule is COC(=O)C(CC(C)C)NC(=O)c1ccc(OC(=O)c2ccc(C(=O)Oc3ccc(C(=O)NC(CC(C)C)C(=O)OC)cc3)cc2)cc1. The highest BCUT2D eigenvalue weighted by molar-refractivity contribution is 5.98. The minimum absolute atomic E-state index is 0.152. The van der Waals surface area contributed by atoms with E-state index in [2.05, 4.69) is 10.6 Å². The van der Waals surface area contributed by atoms with E-state index in [0.29, 0.717) is 12.8 Å². The zero-order valence-electron chi connectivity index (χ0n) is 27.7. The molecule has 2 atom stereocenters. The minimum atomic E-state index is -0.790. The van der Waals surface area contributed by atoms with Crippen molar-refractivity contribution in [3.63, 3.8) is 0 Å². The van der Waals surface area contributed by atoms with Crippen LogP contribution in [-0.2, 0) is 19.1 Å². The van der Waals surface area contributed by atoms with Crippen molar-refractivity contribution in [3.8, 4) is 11.5 Å². The number of ether oxygens (including phenoxy) is 4. The van der Waals surface area contributed by atoms with E-state index < -0.39 is 47.8 Å². The summed E-state index contributed by atoms with van der Waals surface area (Å²) >= 11 is 0. The predicted octanol–water partition coefficient (Wildman–Crippen LogP) is 4.76. The standard InChI is InChI=1S/C36H40N2O10/c1-21(2)19-29(35(43)45-5)37-31(39)23-11-15-27(16-12-23)47-33(41)25-7-9-26(10-8-25)34(42)48-28-17-13-24(14-18-28)32(40)38-30(20-22(3)4)36(44)46-6/h7-18,21-22,29-30H,19-20H2,1-6H3,(H,37,39)(H,38,40). The molecule has 0 radical (unpaired) electrons. The van der Waals surface area contributed by atoms with Gasteiger partial charge >= 0.3 is 23.9 Å². The first-order valence-corrected chi connectivity index (χ1v) is 15.3. The third-order valence-corrected chi connectivity index (χ3v) is 7.01. The highest BCUT2D eigenvalue weighted by atomic mass is 16.5. The molecule has 12 nitrogen and oxygen atoms in total. The van der Waals surface area contributed by atoms with Crippen LogP contribution in [0, 0.1) is 11.8 Å². The van der Waals surface area contributed by atoms with Crippen molar-refractivity contribution in [2.45, 2.75) is 52.6 Å². The van der Waals surface area contributed by atoms with Gasteiger partial charge in [-0.3, -0.25) is 9.59 Å². The number of benzene rings is 3. The summed E-state index contributed by atoms with van der Waals surface area (Å²) in [5.74, 6) is -2.72. The molecule has 0 fully saturated rings. The van der Waals surface area contributed by atoms with Gasteiger partial charge in [0.25, 0.3) is 11.8 Å². The Morgan fingerprint density at radius 3 is 1.06 bits per heavy atom. The average molecular weight is 661 g/mol. The van der Waals surface area contributed by atoms with Gasteiger partial charge in [0.15, 0.2) is 0 Å². The highest BCUT2D eigenvalue weighted by Crippen LogP contribution is 2.18. The molecule has 2 unspecified atom stereocenters. The average Bonchev–Trinajstić information content (AvgIpc) is 3.07. The van der Waals surface area contributed by atoms with Gasteiger partial charge in [0.1, 0.15) is 23.6 Å². The number of carbonyl (C=O) groups excluding carboxylic acids is 6. The smallest absolute Gasteiger partial charge is 0.343 e. The van der Waals surface area contributed by atoms with Crippen LogP contribution in [0.15, 0.2) is 72.8 Å². The molecule has 12 heteroatoms. The van der Waals surface area contributed by atoms with Crippen LogP contribution in [0.3, 0.4) is 0 Å². The van der Waals surface area contributed by atoms with Gasteiger partial charge in [0, 0.05) is 11.1 Å². The third kappa shape index (κ3) is 10.8. The molecule has 0 aliphatic heterocycles. The molecule has 254 valence electrons. The molecule has 2 N–H and O–H groups in total. The number of hydrogen-bond donors (Lipinski definition) is 2. The van der Waals surface area contributed by atoms with Crippen LogP contribution in [0.1, 0.15) is 82.0 Å². The van der Waals surface area contributed by atoms with Crippen molar-refractivity contribution in [1.29, 1.82) is 0 Å². The zero-order valence-corrected chi connectivity index (χ0v) is 27.7. The molecule has 0 spiro atoms. The van der Waals surface area contributed by atoms with Gasteiger partial charge in [-0.05, 0) is 97.5 Å². The Hall–Kier alpha value is -5.52. The summed E-state index contributed by atoms with van der Waals surface area (Å²) in [6.07, 6.45) is 0.829. The monoisotopic (exact) mass is 660 g/mol. The number of esters is 4. The zero-order chi connectivity index (χ0) is 35.4. The fraction of sp³-hybridized carbons (Fsp3) is 0.333. The Balaban J connectivity index is 1.56. The van der Waals surface area contributed by atoms with E-state index in [9.17, 15) is 28.8 Å². The van der Waals surface area contributed by atoms with Crippen molar-refractivity contribution in [1.82, 2.24) is 10.6 Å². The molecule has 0 aliphatic carbocycles.